The van der Waals surface area contributed by atoms with Gasteiger partial charge in [0.15, 0.2) is 15.9 Å². The number of aliphatic hydroxyl groups excluding tert-OH is 1. The standard InChI is InChI=1S/C16H17NO4S/c1-12-7-9-14(10-8-12)22(20,21)11-17-16(19)15(18)13-5-3-2-4-6-13/h2-10,15,18H,11H2,1H3,(H,17,19)/t15-/m0/s1. The molecule has 1 amide bonds. The maximum atomic E-state index is 12.1. The van der Waals surface area contributed by atoms with Gasteiger partial charge in [0.25, 0.3) is 5.91 Å². The molecule has 0 radical (unpaired) electrons. The van der Waals surface area contributed by atoms with E-state index in [0.29, 0.717) is 5.56 Å². The summed E-state index contributed by atoms with van der Waals surface area (Å²) < 4.78 is 24.2. The number of rotatable bonds is 5. The summed E-state index contributed by atoms with van der Waals surface area (Å²) in [4.78, 5) is 12.0. The van der Waals surface area contributed by atoms with Crippen molar-refractivity contribution >= 4 is 15.7 Å². The van der Waals surface area contributed by atoms with Gasteiger partial charge in [0.1, 0.15) is 5.88 Å². The molecule has 5 nitrogen and oxygen atoms in total. The Morgan fingerprint density at radius 1 is 1.09 bits per heavy atom. The van der Waals surface area contributed by atoms with E-state index in [1.54, 1.807) is 42.5 Å². The first kappa shape index (κ1) is 16.2. The Labute approximate surface area is 129 Å². The zero-order valence-electron chi connectivity index (χ0n) is 12.1. The number of sulfone groups is 1. The predicted octanol–water partition coefficient (Wildman–Crippen LogP) is 1.58. The molecule has 0 saturated carbocycles. The van der Waals surface area contributed by atoms with Crippen molar-refractivity contribution in [3.8, 4) is 0 Å². The highest BCUT2D eigenvalue weighted by atomic mass is 32.2. The van der Waals surface area contributed by atoms with E-state index in [-0.39, 0.29) is 4.90 Å². The van der Waals surface area contributed by atoms with Crippen LogP contribution in [-0.2, 0) is 14.6 Å². The summed E-state index contributed by atoms with van der Waals surface area (Å²) in [6.07, 6.45) is -1.39. The largest absolute Gasteiger partial charge is 0.378 e. The molecule has 0 bridgehead atoms. The summed E-state index contributed by atoms with van der Waals surface area (Å²) in [7, 11) is -3.63. The van der Waals surface area contributed by atoms with Crippen LogP contribution in [0.5, 0.6) is 0 Å². The number of hydrogen-bond acceptors (Lipinski definition) is 4. The molecule has 116 valence electrons. The molecular formula is C16H17NO4S. The van der Waals surface area contributed by atoms with Crippen molar-refractivity contribution in [3.63, 3.8) is 0 Å². The summed E-state index contributed by atoms with van der Waals surface area (Å²) in [5, 5.41) is 12.1. The summed E-state index contributed by atoms with van der Waals surface area (Å²) in [6, 6.07) is 14.7. The fourth-order valence-electron chi connectivity index (χ4n) is 1.88. The quantitative estimate of drug-likeness (QED) is 0.876. The molecule has 0 aliphatic rings. The maximum Gasteiger partial charge on any atom is 0.254 e. The molecule has 2 rings (SSSR count). The molecule has 0 heterocycles. The fraction of sp³-hybridized carbons (Fsp3) is 0.188. The summed E-state index contributed by atoms with van der Waals surface area (Å²) in [6.45, 7) is 1.86. The Morgan fingerprint density at radius 3 is 2.27 bits per heavy atom. The van der Waals surface area contributed by atoms with E-state index in [1.807, 2.05) is 6.92 Å². The second-order valence-corrected chi connectivity index (χ2v) is 6.92. The van der Waals surface area contributed by atoms with Crippen LogP contribution in [0.4, 0.5) is 0 Å². The van der Waals surface area contributed by atoms with Crippen LogP contribution in [0.15, 0.2) is 59.5 Å². The van der Waals surface area contributed by atoms with Gasteiger partial charge in [-0.15, -0.1) is 0 Å². The lowest BCUT2D eigenvalue weighted by Crippen LogP contribution is -2.33. The van der Waals surface area contributed by atoms with Crippen LogP contribution in [0, 0.1) is 6.92 Å². The third-order valence-electron chi connectivity index (χ3n) is 3.18. The van der Waals surface area contributed by atoms with Crippen LogP contribution < -0.4 is 5.32 Å². The van der Waals surface area contributed by atoms with Crippen LogP contribution in [0.25, 0.3) is 0 Å². The smallest absolute Gasteiger partial charge is 0.254 e. The average molecular weight is 319 g/mol. The zero-order valence-corrected chi connectivity index (χ0v) is 12.9. The van der Waals surface area contributed by atoms with Gasteiger partial charge in [0.2, 0.25) is 0 Å². The lowest BCUT2D eigenvalue weighted by atomic mass is 10.1. The van der Waals surface area contributed by atoms with Crippen molar-refractivity contribution < 1.29 is 18.3 Å². The van der Waals surface area contributed by atoms with E-state index in [1.165, 1.54) is 12.1 Å². The number of carbonyl (C=O) groups is 1. The normalized spacial score (nSPS) is 12.6. The Kier molecular flexibility index (Phi) is 4.95. The van der Waals surface area contributed by atoms with E-state index < -0.39 is 27.7 Å². The third kappa shape index (κ3) is 3.93. The van der Waals surface area contributed by atoms with Crippen LogP contribution in [0.1, 0.15) is 17.2 Å². The molecule has 0 aromatic heterocycles. The van der Waals surface area contributed by atoms with Gasteiger partial charge in [-0.2, -0.15) is 0 Å². The highest BCUT2D eigenvalue weighted by Crippen LogP contribution is 2.14. The maximum absolute atomic E-state index is 12.1. The SMILES string of the molecule is Cc1ccc(S(=O)(=O)CNC(=O)[C@@H](O)c2ccccc2)cc1. The highest BCUT2D eigenvalue weighted by Gasteiger charge is 2.20. The second kappa shape index (κ2) is 6.72. The molecule has 0 spiro atoms. The zero-order chi connectivity index (χ0) is 16.2. The number of hydrogen-bond donors (Lipinski definition) is 2. The molecular weight excluding hydrogens is 302 g/mol. The topological polar surface area (TPSA) is 83.5 Å². The number of benzene rings is 2. The van der Waals surface area contributed by atoms with Crippen molar-refractivity contribution in [1.82, 2.24) is 5.32 Å². The molecule has 0 unspecified atom stereocenters. The molecule has 2 N–H and O–H groups in total. The molecule has 6 heteroatoms. The summed E-state index contributed by atoms with van der Waals surface area (Å²) >= 11 is 0. The molecule has 2 aromatic carbocycles. The first-order chi connectivity index (χ1) is 10.4. The molecule has 0 aliphatic heterocycles. The van der Waals surface area contributed by atoms with Gasteiger partial charge in [-0.3, -0.25) is 4.79 Å². The second-order valence-electron chi connectivity index (χ2n) is 4.93. The van der Waals surface area contributed by atoms with Gasteiger partial charge < -0.3 is 10.4 Å². The van der Waals surface area contributed by atoms with Gasteiger partial charge in [-0.1, -0.05) is 48.0 Å². The monoisotopic (exact) mass is 319 g/mol. The van der Waals surface area contributed by atoms with Gasteiger partial charge in [0, 0.05) is 0 Å². The molecule has 0 aliphatic carbocycles. The molecule has 2 aromatic rings. The molecule has 22 heavy (non-hydrogen) atoms. The van der Waals surface area contributed by atoms with Gasteiger partial charge in [-0.05, 0) is 24.6 Å². The Morgan fingerprint density at radius 2 is 1.68 bits per heavy atom. The van der Waals surface area contributed by atoms with Crippen molar-refractivity contribution in [2.45, 2.75) is 17.9 Å². The molecule has 1 atom stereocenters. The van der Waals surface area contributed by atoms with E-state index in [0.717, 1.165) is 5.56 Å². The van der Waals surface area contributed by atoms with E-state index in [4.69, 9.17) is 0 Å². The van der Waals surface area contributed by atoms with Crippen molar-refractivity contribution in [2.24, 2.45) is 0 Å². The predicted molar refractivity (Wildman–Crippen MR) is 82.8 cm³/mol. The van der Waals surface area contributed by atoms with E-state index in [9.17, 15) is 18.3 Å². The minimum atomic E-state index is -3.63. The first-order valence-corrected chi connectivity index (χ1v) is 8.35. The van der Waals surface area contributed by atoms with Crippen LogP contribution in [0.2, 0.25) is 0 Å². The van der Waals surface area contributed by atoms with Crippen molar-refractivity contribution in [3.05, 3.63) is 65.7 Å². The van der Waals surface area contributed by atoms with E-state index >= 15 is 0 Å². The average Bonchev–Trinajstić information content (AvgIpc) is 2.53. The first-order valence-electron chi connectivity index (χ1n) is 6.70. The summed E-state index contributed by atoms with van der Waals surface area (Å²) in [5.41, 5.74) is 1.36. The fourth-order valence-corrected chi connectivity index (χ4v) is 2.93. The number of carbonyl (C=O) groups excluding carboxylic acids is 1. The van der Waals surface area contributed by atoms with Gasteiger partial charge in [0.05, 0.1) is 4.90 Å². The minimum absolute atomic E-state index is 0.132. The highest BCUT2D eigenvalue weighted by molar-refractivity contribution is 7.91. The lowest BCUT2D eigenvalue weighted by Gasteiger charge is -2.12. The molecule has 0 fully saturated rings. The van der Waals surface area contributed by atoms with E-state index in [2.05, 4.69) is 5.32 Å². The van der Waals surface area contributed by atoms with Crippen LogP contribution >= 0.6 is 0 Å². The number of aryl methyl sites for hydroxylation is 1. The molecule has 0 saturated heterocycles. The van der Waals surface area contributed by atoms with Gasteiger partial charge >= 0.3 is 0 Å². The van der Waals surface area contributed by atoms with Crippen molar-refractivity contribution in [1.29, 1.82) is 0 Å². The Hall–Kier alpha value is -2.18. The Balaban J connectivity index is 2.02. The minimum Gasteiger partial charge on any atom is -0.378 e. The van der Waals surface area contributed by atoms with Crippen LogP contribution in [-0.4, -0.2) is 25.3 Å². The summed E-state index contributed by atoms with van der Waals surface area (Å²) in [5.74, 6) is -1.31. The number of nitrogens with one attached hydrogen (secondary N) is 1. The Bertz CT molecular complexity index is 739. The van der Waals surface area contributed by atoms with Crippen LogP contribution in [0.3, 0.4) is 0 Å². The van der Waals surface area contributed by atoms with Gasteiger partial charge in [-0.25, -0.2) is 8.42 Å². The lowest BCUT2D eigenvalue weighted by molar-refractivity contribution is -0.129. The van der Waals surface area contributed by atoms with Crippen molar-refractivity contribution in [2.75, 3.05) is 5.88 Å². The third-order valence-corrected chi connectivity index (χ3v) is 4.69. The number of aliphatic hydroxyl groups is 1. The number of amides is 1.